The normalized spacial score (nSPS) is 17.6. The number of nitrogens with one attached hydrogen (secondary N) is 1. The molecule has 3 aromatic rings. The number of aryl methyl sites for hydroxylation is 1. The summed E-state index contributed by atoms with van der Waals surface area (Å²) in [6, 6.07) is 22.6. The lowest BCUT2D eigenvalue weighted by molar-refractivity contribution is -0.122. The van der Waals surface area contributed by atoms with Crippen LogP contribution >= 0.6 is 0 Å². The van der Waals surface area contributed by atoms with E-state index in [4.69, 9.17) is 0 Å². The van der Waals surface area contributed by atoms with E-state index in [2.05, 4.69) is 27.3 Å². The second-order valence-corrected chi connectivity index (χ2v) is 8.55. The van der Waals surface area contributed by atoms with Crippen LogP contribution in [-0.2, 0) is 17.8 Å². The number of nitrogens with zero attached hydrogens (tertiary/aromatic N) is 2. The lowest BCUT2D eigenvalue weighted by Crippen LogP contribution is -2.43. The Morgan fingerprint density at radius 2 is 1.81 bits per heavy atom. The molecule has 1 aliphatic heterocycles. The Labute approximate surface area is 189 Å². The minimum Gasteiger partial charge on any atom is -0.347 e. The van der Waals surface area contributed by atoms with Crippen LogP contribution in [0.2, 0.25) is 0 Å². The van der Waals surface area contributed by atoms with Crippen molar-refractivity contribution in [3.63, 3.8) is 0 Å². The van der Waals surface area contributed by atoms with Crippen molar-refractivity contribution in [2.75, 3.05) is 13.1 Å². The maximum atomic E-state index is 13.3. The first kappa shape index (κ1) is 22.2. The fraction of sp³-hybridized carbons (Fsp3) is 0.333. The summed E-state index contributed by atoms with van der Waals surface area (Å²) in [4.78, 5) is 19.8. The monoisotopic (exact) mass is 431 g/mol. The number of rotatable bonds is 8. The van der Waals surface area contributed by atoms with Gasteiger partial charge in [-0.05, 0) is 67.1 Å². The first-order valence-electron chi connectivity index (χ1n) is 11.4. The smallest absolute Gasteiger partial charge is 0.220 e. The quantitative estimate of drug-likeness (QED) is 0.550. The van der Waals surface area contributed by atoms with Crippen LogP contribution in [0.5, 0.6) is 0 Å². The molecular formula is C27H30FN3O. The fourth-order valence-corrected chi connectivity index (χ4v) is 4.50. The minimum absolute atomic E-state index is 0.0557. The Morgan fingerprint density at radius 3 is 2.56 bits per heavy atom. The van der Waals surface area contributed by atoms with Crippen molar-refractivity contribution < 1.29 is 9.18 Å². The highest BCUT2D eigenvalue weighted by Gasteiger charge is 2.30. The SMILES string of the molecule is O=C(CCc1ccccc1)NC(c1ccccn1)C1CCCN(Cc2ccc(F)cc2)C1. The lowest BCUT2D eigenvalue weighted by Gasteiger charge is -2.37. The van der Waals surface area contributed by atoms with E-state index in [0.29, 0.717) is 6.42 Å². The summed E-state index contributed by atoms with van der Waals surface area (Å²) in [7, 11) is 0. The molecule has 1 amide bonds. The number of aromatic nitrogens is 1. The Morgan fingerprint density at radius 1 is 1.03 bits per heavy atom. The average molecular weight is 432 g/mol. The van der Waals surface area contributed by atoms with Crippen LogP contribution < -0.4 is 5.32 Å². The molecule has 4 nitrogen and oxygen atoms in total. The molecule has 1 aliphatic rings. The molecule has 0 bridgehead atoms. The van der Waals surface area contributed by atoms with Gasteiger partial charge in [0.25, 0.3) is 0 Å². The molecule has 166 valence electrons. The number of benzene rings is 2. The summed E-state index contributed by atoms with van der Waals surface area (Å²) in [5, 5.41) is 3.29. The maximum Gasteiger partial charge on any atom is 0.220 e. The van der Waals surface area contributed by atoms with Crippen LogP contribution in [0.4, 0.5) is 4.39 Å². The third-order valence-electron chi connectivity index (χ3n) is 6.14. The highest BCUT2D eigenvalue weighted by atomic mass is 19.1. The second kappa shape index (κ2) is 11.0. The number of likely N-dealkylation sites (tertiary alicyclic amines) is 1. The number of hydrogen-bond donors (Lipinski definition) is 1. The standard InChI is InChI=1S/C27H30FN3O/c28-24-14-11-22(12-15-24)19-31-18-6-9-23(20-31)27(25-10-4-5-17-29-25)30-26(32)16-13-21-7-2-1-3-8-21/h1-5,7-8,10-12,14-15,17,23,27H,6,9,13,16,18-20H2,(H,30,32). The third kappa shape index (κ3) is 6.24. The van der Waals surface area contributed by atoms with Crippen LogP contribution in [0.15, 0.2) is 79.0 Å². The van der Waals surface area contributed by atoms with Gasteiger partial charge in [-0.2, -0.15) is 0 Å². The summed E-state index contributed by atoms with van der Waals surface area (Å²) in [5.41, 5.74) is 3.18. The molecule has 0 aliphatic carbocycles. The molecular weight excluding hydrogens is 401 g/mol. The van der Waals surface area contributed by atoms with Gasteiger partial charge in [-0.15, -0.1) is 0 Å². The Kier molecular flexibility index (Phi) is 7.62. The molecule has 2 atom stereocenters. The lowest BCUT2D eigenvalue weighted by atomic mass is 9.88. The summed E-state index contributed by atoms with van der Waals surface area (Å²) in [6.45, 7) is 2.66. The zero-order valence-electron chi connectivity index (χ0n) is 18.3. The predicted molar refractivity (Wildman–Crippen MR) is 124 cm³/mol. The van der Waals surface area contributed by atoms with Crippen molar-refractivity contribution in [2.45, 2.75) is 38.3 Å². The van der Waals surface area contributed by atoms with Crippen molar-refractivity contribution in [1.82, 2.24) is 15.2 Å². The van der Waals surface area contributed by atoms with Gasteiger partial charge in [0.1, 0.15) is 5.82 Å². The Bertz CT molecular complexity index is 979. The molecule has 1 fully saturated rings. The molecule has 2 aromatic carbocycles. The van der Waals surface area contributed by atoms with Crippen LogP contribution in [0.3, 0.4) is 0 Å². The number of amides is 1. The van der Waals surface area contributed by atoms with Crippen molar-refractivity contribution >= 4 is 5.91 Å². The predicted octanol–water partition coefficient (Wildman–Crippen LogP) is 4.92. The Hall–Kier alpha value is -3.05. The molecule has 0 saturated carbocycles. The van der Waals surface area contributed by atoms with Gasteiger partial charge in [0.05, 0.1) is 11.7 Å². The van der Waals surface area contributed by atoms with Crippen LogP contribution in [0, 0.1) is 11.7 Å². The molecule has 1 saturated heterocycles. The van der Waals surface area contributed by atoms with Crippen molar-refractivity contribution in [2.24, 2.45) is 5.92 Å². The van der Waals surface area contributed by atoms with E-state index < -0.39 is 0 Å². The van der Waals surface area contributed by atoms with Gasteiger partial charge in [0, 0.05) is 25.7 Å². The topological polar surface area (TPSA) is 45.2 Å². The average Bonchev–Trinajstić information content (AvgIpc) is 2.84. The van der Waals surface area contributed by atoms with Gasteiger partial charge in [-0.3, -0.25) is 14.7 Å². The van der Waals surface area contributed by atoms with Crippen LogP contribution in [-0.4, -0.2) is 28.9 Å². The number of carbonyl (C=O) groups excluding carboxylic acids is 1. The number of carbonyl (C=O) groups is 1. The van der Waals surface area contributed by atoms with Crippen LogP contribution in [0.25, 0.3) is 0 Å². The molecule has 0 spiro atoms. The molecule has 4 rings (SSSR count). The number of pyridine rings is 1. The van der Waals surface area contributed by atoms with Crippen LogP contribution in [0.1, 0.15) is 42.1 Å². The van der Waals surface area contributed by atoms with E-state index in [9.17, 15) is 9.18 Å². The third-order valence-corrected chi connectivity index (χ3v) is 6.14. The van der Waals surface area contributed by atoms with E-state index in [1.165, 1.54) is 17.7 Å². The zero-order chi connectivity index (χ0) is 22.2. The molecule has 2 unspecified atom stereocenters. The molecule has 1 aromatic heterocycles. The summed E-state index contributed by atoms with van der Waals surface area (Å²) in [5.74, 6) is 0.124. The Balaban J connectivity index is 1.42. The van der Waals surface area contributed by atoms with Gasteiger partial charge in [0.2, 0.25) is 5.91 Å². The van der Waals surface area contributed by atoms with Gasteiger partial charge in [0.15, 0.2) is 0 Å². The summed E-state index contributed by atoms with van der Waals surface area (Å²) >= 11 is 0. The van der Waals surface area contributed by atoms with Crippen molar-refractivity contribution in [3.8, 4) is 0 Å². The first-order chi connectivity index (χ1) is 15.7. The van der Waals surface area contributed by atoms with E-state index in [1.807, 2.05) is 48.5 Å². The number of halogens is 1. The fourth-order valence-electron chi connectivity index (χ4n) is 4.50. The van der Waals surface area contributed by atoms with E-state index >= 15 is 0 Å². The van der Waals surface area contributed by atoms with Gasteiger partial charge in [-0.25, -0.2) is 4.39 Å². The highest BCUT2D eigenvalue weighted by molar-refractivity contribution is 5.76. The molecule has 32 heavy (non-hydrogen) atoms. The van der Waals surface area contributed by atoms with E-state index in [0.717, 1.165) is 50.2 Å². The zero-order valence-corrected chi connectivity index (χ0v) is 18.3. The van der Waals surface area contributed by atoms with Crippen molar-refractivity contribution in [3.05, 3.63) is 102 Å². The van der Waals surface area contributed by atoms with E-state index in [1.54, 1.807) is 6.20 Å². The largest absolute Gasteiger partial charge is 0.347 e. The first-order valence-corrected chi connectivity index (χ1v) is 11.4. The van der Waals surface area contributed by atoms with Crippen molar-refractivity contribution in [1.29, 1.82) is 0 Å². The van der Waals surface area contributed by atoms with Gasteiger partial charge >= 0.3 is 0 Å². The van der Waals surface area contributed by atoms with Gasteiger partial charge in [-0.1, -0.05) is 48.5 Å². The molecule has 1 N–H and O–H groups in total. The van der Waals surface area contributed by atoms with Gasteiger partial charge < -0.3 is 5.32 Å². The molecule has 5 heteroatoms. The number of hydrogen-bond acceptors (Lipinski definition) is 3. The highest BCUT2D eigenvalue weighted by Crippen LogP contribution is 2.30. The number of piperidine rings is 1. The summed E-state index contributed by atoms with van der Waals surface area (Å²) in [6.07, 6.45) is 5.08. The second-order valence-electron chi connectivity index (χ2n) is 8.55. The minimum atomic E-state index is -0.210. The molecule has 0 radical (unpaired) electrons. The van der Waals surface area contributed by atoms with E-state index in [-0.39, 0.29) is 23.7 Å². The molecule has 2 heterocycles. The summed E-state index contributed by atoms with van der Waals surface area (Å²) < 4.78 is 13.3. The maximum absolute atomic E-state index is 13.3.